The largest absolute Gasteiger partial charge is 0.496 e. The zero-order chi connectivity index (χ0) is 23.2. The number of nitro benzene ring substituents is 2. The number of ether oxygens (including phenoxy) is 1. The molecule has 0 saturated carbocycles. The lowest BCUT2D eigenvalue weighted by molar-refractivity contribution is -0.393. The number of H-pyrrole nitrogens is 1. The van der Waals surface area contributed by atoms with Crippen LogP contribution < -0.4 is 4.74 Å². The van der Waals surface area contributed by atoms with Crippen molar-refractivity contribution in [2.24, 2.45) is 0 Å². The van der Waals surface area contributed by atoms with Gasteiger partial charge in [0, 0.05) is 22.9 Å². The van der Waals surface area contributed by atoms with Crippen LogP contribution in [0.1, 0.15) is 17.0 Å². The first-order chi connectivity index (χ1) is 15.2. The van der Waals surface area contributed by atoms with Crippen molar-refractivity contribution in [3.05, 3.63) is 78.1 Å². The van der Waals surface area contributed by atoms with Crippen LogP contribution in [-0.4, -0.2) is 31.7 Å². The summed E-state index contributed by atoms with van der Waals surface area (Å²) in [7, 11) is 1.57. The van der Waals surface area contributed by atoms with Gasteiger partial charge in [0.25, 0.3) is 11.4 Å². The molecule has 164 valence electrons. The molecule has 0 amide bonds. The number of nitrogens with one attached hydrogen (secondary N) is 1. The van der Waals surface area contributed by atoms with Crippen LogP contribution in [0.5, 0.6) is 5.75 Å². The van der Waals surface area contributed by atoms with Gasteiger partial charge in [-0.2, -0.15) is 5.10 Å². The van der Waals surface area contributed by atoms with E-state index in [1.54, 1.807) is 13.2 Å². The maximum atomic E-state index is 11.4. The molecule has 0 fully saturated rings. The van der Waals surface area contributed by atoms with Crippen molar-refractivity contribution in [2.45, 2.75) is 20.4 Å². The topological polar surface area (TPSA) is 129 Å². The number of nitrogens with zero attached hydrogens (tertiary/aromatic N) is 4. The number of nitro groups is 2. The predicted molar refractivity (Wildman–Crippen MR) is 122 cm³/mol. The lowest BCUT2D eigenvalue weighted by Gasteiger charge is -2.11. The van der Waals surface area contributed by atoms with Crippen molar-refractivity contribution in [3.8, 4) is 17.0 Å². The Hall–Kier alpha value is -3.73. The van der Waals surface area contributed by atoms with Crippen molar-refractivity contribution < 1.29 is 14.6 Å². The fourth-order valence-corrected chi connectivity index (χ4v) is 3.93. The van der Waals surface area contributed by atoms with E-state index in [4.69, 9.17) is 4.74 Å². The smallest absolute Gasteiger partial charge is 0.285 e. The maximum Gasteiger partial charge on any atom is 0.285 e. The van der Waals surface area contributed by atoms with Crippen LogP contribution in [0.4, 0.5) is 11.4 Å². The van der Waals surface area contributed by atoms with E-state index in [9.17, 15) is 20.2 Å². The highest BCUT2D eigenvalue weighted by atomic mass is 79.9. The van der Waals surface area contributed by atoms with Gasteiger partial charge in [-0.3, -0.25) is 24.9 Å². The van der Waals surface area contributed by atoms with Crippen molar-refractivity contribution in [1.82, 2.24) is 14.8 Å². The quantitative estimate of drug-likeness (QED) is 0.283. The molecular weight excluding hydrogens is 482 g/mol. The highest BCUT2D eigenvalue weighted by Crippen LogP contribution is 2.36. The number of aromatic nitrogens is 3. The van der Waals surface area contributed by atoms with Crippen molar-refractivity contribution >= 4 is 38.2 Å². The van der Waals surface area contributed by atoms with Crippen molar-refractivity contribution in [3.63, 3.8) is 0 Å². The fraction of sp³-hybridized carbons (Fsp3) is 0.190. The minimum absolute atomic E-state index is 0.297. The standard InChI is InChI=1S/C21H18BrN5O5/c1-11-21(22)12(2)25(24-11)10-14-5-4-13(6-20(14)32-3)17-9-16-18(23-17)7-15(26(28)29)8-19(16)27(30)31/h4-9,23H,10H2,1-3H3. The Morgan fingerprint density at radius 2 is 1.88 bits per heavy atom. The Morgan fingerprint density at radius 1 is 1.12 bits per heavy atom. The molecule has 0 aliphatic rings. The molecule has 0 atom stereocenters. The summed E-state index contributed by atoms with van der Waals surface area (Å²) >= 11 is 3.53. The van der Waals surface area contributed by atoms with Crippen LogP contribution in [0, 0.1) is 34.1 Å². The second-order valence-corrected chi connectivity index (χ2v) is 8.09. The van der Waals surface area contributed by atoms with Crippen LogP contribution in [0.15, 0.2) is 40.9 Å². The third-order valence-electron chi connectivity index (χ3n) is 5.32. The highest BCUT2D eigenvalue weighted by molar-refractivity contribution is 9.10. The number of fused-ring (bicyclic) bond motifs is 1. The van der Waals surface area contributed by atoms with Crippen LogP contribution in [0.2, 0.25) is 0 Å². The normalized spacial score (nSPS) is 11.1. The Balaban J connectivity index is 1.77. The summed E-state index contributed by atoms with van der Waals surface area (Å²) in [5.41, 5.74) is 3.76. The number of aromatic amines is 1. The molecule has 0 aliphatic heterocycles. The minimum atomic E-state index is -0.651. The lowest BCUT2D eigenvalue weighted by Crippen LogP contribution is -2.05. The van der Waals surface area contributed by atoms with E-state index in [1.165, 1.54) is 6.07 Å². The Morgan fingerprint density at radius 3 is 2.47 bits per heavy atom. The van der Waals surface area contributed by atoms with Gasteiger partial charge in [0.15, 0.2) is 0 Å². The summed E-state index contributed by atoms with van der Waals surface area (Å²) in [5, 5.41) is 27.4. The molecule has 1 N–H and O–H groups in total. The minimum Gasteiger partial charge on any atom is -0.496 e. The molecule has 2 aromatic heterocycles. The summed E-state index contributed by atoms with van der Waals surface area (Å²) in [6.07, 6.45) is 0. The van der Waals surface area contributed by atoms with E-state index in [-0.39, 0.29) is 11.4 Å². The number of non-ortho nitro benzene ring substituents is 2. The summed E-state index contributed by atoms with van der Waals surface area (Å²) in [5.74, 6) is 0.630. The highest BCUT2D eigenvalue weighted by Gasteiger charge is 2.22. The van der Waals surface area contributed by atoms with Crippen LogP contribution in [0.25, 0.3) is 22.2 Å². The average Bonchev–Trinajstić information content (AvgIpc) is 3.30. The second kappa shape index (κ2) is 8.08. The zero-order valence-electron chi connectivity index (χ0n) is 17.4. The van der Waals surface area contributed by atoms with Gasteiger partial charge in [0.2, 0.25) is 0 Å². The van der Waals surface area contributed by atoms with Crippen LogP contribution in [0.3, 0.4) is 0 Å². The van der Waals surface area contributed by atoms with E-state index in [0.29, 0.717) is 28.9 Å². The predicted octanol–water partition coefficient (Wildman–Crippen LogP) is 5.28. The molecule has 0 aliphatic carbocycles. The second-order valence-electron chi connectivity index (χ2n) is 7.29. The maximum absolute atomic E-state index is 11.4. The van der Waals surface area contributed by atoms with Crippen molar-refractivity contribution in [2.75, 3.05) is 7.11 Å². The number of hydrogen-bond acceptors (Lipinski definition) is 6. The van der Waals surface area contributed by atoms with Crippen molar-refractivity contribution in [1.29, 1.82) is 0 Å². The molecule has 0 unspecified atom stereocenters. The zero-order valence-corrected chi connectivity index (χ0v) is 19.0. The first-order valence-electron chi connectivity index (χ1n) is 9.52. The Kier molecular flexibility index (Phi) is 5.43. The van der Waals surface area contributed by atoms with Gasteiger partial charge < -0.3 is 9.72 Å². The molecule has 32 heavy (non-hydrogen) atoms. The van der Waals surface area contributed by atoms with Crippen LogP contribution >= 0.6 is 15.9 Å². The van der Waals surface area contributed by atoms with E-state index < -0.39 is 9.85 Å². The molecule has 2 aromatic carbocycles. The molecule has 4 rings (SSSR count). The van der Waals surface area contributed by atoms with Gasteiger partial charge in [0.05, 0.1) is 56.3 Å². The first kappa shape index (κ1) is 21.5. The van der Waals surface area contributed by atoms with Gasteiger partial charge in [-0.25, -0.2) is 0 Å². The molecule has 0 radical (unpaired) electrons. The molecule has 0 bridgehead atoms. The number of methoxy groups -OCH3 is 1. The Bertz CT molecular complexity index is 1390. The van der Waals surface area contributed by atoms with E-state index in [1.807, 2.05) is 36.7 Å². The Labute approximate surface area is 190 Å². The van der Waals surface area contributed by atoms with E-state index in [0.717, 1.165) is 33.1 Å². The third-order valence-corrected chi connectivity index (χ3v) is 6.47. The number of aryl methyl sites for hydroxylation is 1. The van der Waals surface area contributed by atoms with Gasteiger partial charge in [-0.1, -0.05) is 12.1 Å². The summed E-state index contributed by atoms with van der Waals surface area (Å²) in [6.45, 7) is 4.40. The first-order valence-corrected chi connectivity index (χ1v) is 10.3. The number of rotatable bonds is 6. The van der Waals surface area contributed by atoms with Gasteiger partial charge in [0.1, 0.15) is 5.75 Å². The monoisotopic (exact) mass is 499 g/mol. The number of benzene rings is 2. The molecular formula is C21H18BrN5O5. The summed E-state index contributed by atoms with van der Waals surface area (Å²) in [4.78, 5) is 24.4. The van der Waals surface area contributed by atoms with Gasteiger partial charge >= 0.3 is 0 Å². The number of hydrogen-bond donors (Lipinski definition) is 1. The molecule has 10 nitrogen and oxygen atoms in total. The lowest BCUT2D eigenvalue weighted by atomic mass is 10.1. The van der Waals surface area contributed by atoms with Crippen LogP contribution in [-0.2, 0) is 6.54 Å². The molecule has 11 heteroatoms. The molecule has 2 heterocycles. The average molecular weight is 500 g/mol. The SMILES string of the molecule is COc1cc(-c2cc3c([N+](=O)[O-])cc([N+](=O)[O-])cc3[nH]2)ccc1Cn1nc(C)c(Br)c1C. The van der Waals surface area contributed by atoms with E-state index in [2.05, 4.69) is 26.0 Å². The van der Waals surface area contributed by atoms with E-state index >= 15 is 0 Å². The van der Waals surface area contributed by atoms with Gasteiger partial charge in [-0.15, -0.1) is 0 Å². The molecule has 0 spiro atoms. The van der Waals surface area contributed by atoms with Gasteiger partial charge in [-0.05, 0) is 41.9 Å². The third kappa shape index (κ3) is 3.71. The summed E-state index contributed by atoms with van der Waals surface area (Å²) in [6, 6.07) is 9.46. The molecule has 4 aromatic rings. The molecule has 0 saturated heterocycles. The fourth-order valence-electron chi connectivity index (χ4n) is 3.65. The number of halogens is 1. The summed E-state index contributed by atoms with van der Waals surface area (Å²) < 4.78 is 8.42.